The van der Waals surface area contributed by atoms with Gasteiger partial charge in [-0.15, -0.1) is 0 Å². The highest BCUT2D eigenvalue weighted by molar-refractivity contribution is 5.32. The van der Waals surface area contributed by atoms with Gasteiger partial charge in [-0.25, -0.2) is 9.67 Å². The molecule has 4 heteroatoms. The highest BCUT2D eigenvalue weighted by Crippen LogP contribution is 2.11. The number of nitrogens with zero attached hydrogens (tertiary/aromatic N) is 3. The van der Waals surface area contributed by atoms with Crippen molar-refractivity contribution in [1.29, 1.82) is 0 Å². The van der Waals surface area contributed by atoms with Gasteiger partial charge in [-0.05, 0) is 32.9 Å². The van der Waals surface area contributed by atoms with Crippen LogP contribution in [0.15, 0.2) is 36.8 Å². The highest BCUT2D eigenvalue weighted by atomic mass is 15.3. The molecule has 0 saturated carbocycles. The molecule has 2 heterocycles. The first-order valence-electron chi connectivity index (χ1n) is 5.75. The van der Waals surface area contributed by atoms with Gasteiger partial charge in [-0.3, -0.25) is 0 Å². The fraction of sp³-hybridized carbons (Fsp3) is 0.385. The minimum atomic E-state index is 0.0945. The Bertz CT molecular complexity index is 468. The van der Waals surface area contributed by atoms with E-state index in [1.807, 2.05) is 18.3 Å². The molecule has 2 rings (SSSR count). The first-order chi connectivity index (χ1) is 8.06. The van der Waals surface area contributed by atoms with Crippen LogP contribution in [0.2, 0.25) is 0 Å². The van der Waals surface area contributed by atoms with Crippen molar-refractivity contribution in [1.82, 2.24) is 20.1 Å². The maximum Gasteiger partial charge on any atom is 0.157 e. The number of hydrogen-bond acceptors (Lipinski definition) is 3. The van der Waals surface area contributed by atoms with Gasteiger partial charge in [0.05, 0.1) is 0 Å². The van der Waals surface area contributed by atoms with Crippen LogP contribution in [0.25, 0.3) is 5.82 Å². The Kier molecular flexibility index (Phi) is 3.24. The molecule has 1 N–H and O–H groups in total. The third-order valence-corrected chi connectivity index (χ3v) is 2.40. The zero-order valence-electron chi connectivity index (χ0n) is 10.5. The van der Waals surface area contributed by atoms with Crippen molar-refractivity contribution in [3.05, 3.63) is 42.4 Å². The maximum absolute atomic E-state index is 4.38. The van der Waals surface area contributed by atoms with E-state index in [4.69, 9.17) is 0 Å². The summed E-state index contributed by atoms with van der Waals surface area (Å²) in [5.41, 5.74) is 1.24. The third kappa shape index (κ3) is 3.14. The van der Waals surface area contributed by atoms with E-state index < -0.39 is 0 Å². The molecule has 0 fully saturated rings. The fourth-order valence-electron chi connectivity index (χ4n) is 1.53. The molecule has 0 aromatic carbocycles. The topological polar surface area (TPSA) is 42.7 Å². The summed E-state index contributed by atoms with van der Waals surface area (Å²) >= 11 is 0. The Morgan fingerprint density at radius 2 is 2.06 bits per heavy atom. The van der Waals surface area contributed by atoms with E-state index in [2.05, 4.69) is 42.2 Å². The van der Waals surface area contributed by atoms with Crippen LogP contribution in [0, 0.1) is 0 Å². The second kappa shape index (κ2) is 4.67. The van der Waals surface area contributed by atoms with Crippen LogP contribution < -0.4 is 5.32 Å². The summed E-state index contributed by atoms with van der Waals surface area (Å²) in [4.78, 5) is 4.38. The Morgan fingerprint density at radius 1 is 1.24 bits per heavy atom. The lowest BCUT2D eigenvalue weighted by Gasteiger charge is -2.21. The van der Waals surface area contributed by atoms with Crippen LogP contribution in [0.5, 0.6) is 0 Å². The normalized spacial score (nSPS) is 11.7. The predicted octanol–water partition coefficient (Wildman–Crippen LogP) is 2.16. The van der Waals surface area contributed by atoms with Crippen LogP contribution in [0.1, 0.15) is 26.3 Å². The molecule has 0 spiro atoms. The summed E-state index contributed by atoms with van der Waals surface area (Å²) in [6.07, 6.45) is 5.45. The van der Waals surface area contributed by atoms with E-state index in [1.54, 1.807) is 17.1 Å². The molecule has 4 nitrogen and oxygen atoms in total. The molecule has 2 aromatic heterocycles. The Morgan fingerprint density at radius 3 is 2.71 bits per heavy atom. The monoisotopic (exact) mass is 230 g/mol. The molecule has 2 aromatic rings. The zero-order valence-corrected chi connectivity index (χ0v) is 10.5. The number of nitrogens with one attached hydrogen (secondary N) is 1. The second-order valence-electron chi connectivity index (χ2n) is 5.04. The van der Waals surface area contributed by atoms with E-state index in [-0.39, 0.29) is 5.54 Å². The first kappa shape index (κ1) is 11.8. The number of pyridine rings is 1. The molecule has 0 saturated heterocycles. The van der Waals surface area contributed by atoms with Crippen molar-refractivity contribution < 1.29 is 0 Å². The smallest absolute Gasteiger partial charge is 0.157 e. The van der Waals surface area contributed by atoms with E-state index in [0.29, 0.717) is 0 Å². The van der Waals surface area contributed by atoms with Crippen LogP contribution >= 0.6 is 0 Å². The third-order valence-electron chi connectivity index (χ3n) is 2.40. The van der Waals surface area contributed by atoms with Gasteiger partial charge in [0.1, 0.15) is 0 Å². The molecule has 0 bridgehead atoms. The fourth-order valence-corrected chi connectivity index (χ4v) is 1.53. The Balaban J connectivity index is 2.23. The Hall–Kier alpha value is -1.68. The molecule has 0 radical (unpaired) electrons. The van der Waals surface area contributed by atoms with Crippen molar-refractivity contribution in [3.8, 4) is 5.82 Å². The number of hydrogen-bond donors (Lipinski definition) is 1. The summed E-state index contributed by atoms with van der Waals surface area (Å²) in [5.74, 6) is 0.884. The lowest BCUT2D eigenvalue weighted by molar-refractivity contribution is 0.423. The van der Waals surface area contributed by atoms with E-state index >= 15 is 0 Å². The molecule has 0 aliphatic rings. The van der Waals surface area contributed by atoms with Gasteiger partial charge in [-0.2, -0.15) is 5.10 Å². The van der Waals surface area contributed by atoms with E-state index in [0.717, 1.165) is 17.9 Å². The minimum absolute atomic E-state index is 0.0945. The van der Waals surface area contributed by atoms with Crippen molar-refractivity contribution in [2.45, 2.75) is 32.9 Å². The number of rotatable bonds is 3. The van der Waals surface area contributed by atoms with Gasteiger partial charge < -0.3 is 5.32 Å². The molecule has 0 unspecified atom stereocenters. The van der Waals surface area contributed by atoms with Gasteiger partial charge in [0.2, 0.25) is 0 Å². The zero-order chi connectivity index (χ0) is 12.3. The van der Waals surface area contributed by atoms with Gasteiger partial charge in [0.25, 0.3) is 0 Å². The minimum Gasteiger partial charge on any atom is -0.308 e. The van der Waals surface area contributed by atoms with Crippen LogP contribution in [0.3, 0.4) is 0 Å². The molecule has 0 aliphatic heterocycles. The van der Waals surface area contributed by atoms with Gasteiger partial charge >= 0.3 is 0 Å². The highest BCUT2D eigenvalue weighted by Gasteiger charge is 2.11. The van der Waals surface area contributed by atoms with Crippen molar-refractivity contribution in [2.24, 2.45) is 0 Å². The van der Waals surface area contributed by atoms with Crippen molar-refractivity contribution in [2.75, 3.05) is 0 Å². The van der Waals surface area contributed by atoms with Crippen LogP contribution in [-0.2, 0) is 6.54 Å². The van der Waals surface area contributed by atoms with Crippen molar-refractivity contribution >= 4 is 0 Å². The van der Waals surface area contributed by atoms with Crippen LogP contribution in [0.4, 0.5) is 0 Å². The average Bonchev–Trinajstić information content (AvgIpc) is 2.79. The average molecular weight is 230 g/mol. The SMILES string of the molecule is CC(C)(C)NCc1cccnc1-n1cccn1. The Labute approximate surface area is 102 Å². The van der Waals surface area contributed by atoms with Crippen LogP contribution in [-0.4, -0.2) is 20.3 Å². The molecule has 0 atom stereocenters. The predicted molar refractivity (Wildman–Crippen MR) is 68.0 cm³/mol. The first-order valence-corrected chi connectivity index (χ1v) is 5.75. The summed E-state index contributed by atoms with van der Waals surface area (Å²) in [6, 6.07) is 5.92. The van der Waals surface area contributed by atoms with E-state index in [9.17, 15) is 0 Å². The summed E-state index contributed by atoms with van der Waals surface area (Å²) in [7, 11) is 0. The lowest BCUT2D eigenvalue weighted by atomic mass is 10.1. The van der Waals surface area contributed by atoms with E-state index in [1.165, 1.54) is 0 Å². The van der Waals surface area contributed by atoms with Gasteiger partial charge in [0, 0.05) is 36.2 Å². The summed E-state index contributed by atoms with van der Waals surface area (Å²) in [5, 5.41) is 7.68. The second-order valence-corrected chi connectivity index (χ2v) is 5.04. The van der Waals surface area contributed by atoms with Crippen molar-refractivity contribution in [3.63, 3.8) is 0 Å². The molecular formula is C13H18N4. The molecule has 90 valence electrons. The molecule has 0 amide bonds. The molecule has 17 heavy (non-hydrogen) atoms. The summed E-state index contributed by atoms with van der Waals surface area (Å²) in [6.45, 7) is 7.23. The molecule has 0 aliphatic carbocycles. The quantitative estimate of drug-likeness (QED) is 0.878. The van der Waals surface area contributed by atoms with Gasteiger partial charge in [-0.1, -0.05) is 6.07 Å². The standard InChI is InChI=1S/C13H18N4/c1-13(2,3)15-10-11-6-4-7-14-12(11)17-9-5-8-16-17/h4-9,15H,10H2,1-3H3. The molecular weight excluding hydrogens is 212 g/mol. The largest absolute Gasteiger partial charge is 0.308 e. The number of aromatic nitrogens is 3. The maximum atomic E-state index is 4.38. The summed E-state index contributed by atoms with van der Waals surface area (Å²) < 4.78 is 1.79. The van der Waals surface area contributed by atoms with Gasteiger partial charge in [0.15, 0.2) is 5.82 Å². The lowest BCUT2D eigenvalue weighted by Crippen LogP contribution is -2.35.